The molecule has 3 aromatic rings. The zero-order valence-corrected chi connectivity index (χ0v) is 12.6. The minimum atomic E-state index is 0.219. The fourth-order valence-electron chi connectivity index (χ4n) is 2.57. The van der Waals surface area contributed by atoms with Gasteiger partial charge in [0.1, 0.15) is 5.69 Å². The summed E-state index contributed by atoms with van der Waals surface area (Å²) in [7, 11) is 1.59. The van der Waals surface area contributed by atoms with Crippen LogP contribution >= 0.6 is 0 Å². The van der Waals surface area contributed by atoms with Gasteiger partial charge in [0.15, 0.2) is 11.5 Å². The number of hydrogen-bond donors (Lipinski definition) is 0. The third-order valence-electron chi connectivity index (χ3n) is 3.72. The lowest BCUT2D eigenvalue weighted by atomic mass is 10.1. The molecule has 5 nitrogen and oxygen atoms in total. The van der Waals surface area contributed by atoms with Crippen LogP contribution in [0.25, 0.3) is 28.4 Å². The van der Waals surface area contributed by atoms with Gasteiger partial charge in [-0.2, -0.15) is 0 Å². The molecule has 0 fully saturated rings. The average Bonchev–Trinajstić information content (AvgIpc) is 3.05. The lowest BCUT2D eigenvalue weighted by molar-refractivity contribution is 0.174. The average molecular weight is 306 g/mol. The van der Waals surface area contributed by atoms with Crippen LogP contribution in [0, 0.1) is 0 Å². The molecule has 0 bridgehead atoms. The van der Waals surface area contributed by atoms with E-state index < -0.39 is 0 Å². The van der Waals surface area contributed by atoms with Gasteiger partial charge in [-0.25, -0.2) is 9.97 Å². The molecule has 4 rings (SSSR count). The normalized spacial score (nSPS) is 12.4. The van der Waals surface area contributed by atoms with Crippen molar-refractivity contribution in [3.8, 4) is 28.6 Å². The van der Waals surface area contributed by atoms with Gasteiger partial charge in [-0.05, 0) is 11.6 Å². The molecule has 0 radical (unpaired) electrons. The molecule has 1 aromatic heterocycles. The number of hydrogen-bond acceptors (Lipinski definition) is 5. The highest BCUT2D eigenvalue weighted by molar-refractivity contribution is 5.83. The predicted molar refractivity (Wildman–Crippen MR) is 87.7 cm³/mol. The Balaban J connectivity index is 1.94. The van der Waals surface area contributed by atoms with Crippen molar-refractivity contribution in [2.24, 2.45) is 0 Å². The number of methoxy groups -OCH3 is 1. The number of benzene rings is 2. The quantitative estimate of drug-likeness (QED) is 0.739. The Labute approximate surface area is 133 Å². The summed E-state index contributed by atoms with van der Waals surface area (Å²) in [4.78, 5) is 9.27. The van der Waals surface area contributed by atoms with Crippen molar-refractivity contribution in [3.63, 3.8) is 0 Å². The second-order valence-corrected chi connectivity index (χ2v) is 5.11. The van der Waals surface area contributed by atoms with Crippen LogP contribution in [-0.2, 0) is 0 Å². The summed E-state index contributed by atoms with van der Waals surface area (Å²) < 4.78 is 16.2. The lowest BCUT2D eigenvalue weighted by Gasteiger charge is -2.09. The Morgan fingerprint density at radius 2 is 1.83 bits per heavy atom. The van der Waals surface area contributed by atoms with E-state index in [1.807, 2.05) is 36.4 Å². The van der Waals surface area contributed by atoms with Gasteiger partial charge in [-0.1, -0.05) is 30.9 Å². The molecular weight excluding hydrogens is 292 g/mol. The highest BCUT2D eigenvalue weighted by Gasteiger charge is 2.18. The van der Waals surface area contributed by atoms with Gasteiger partial charge in [0.25, 0.3) is 0 Å². The largest absolute Gasteiger partial charge is 0.479 e. The summed E-state index contributed by atoms with van der Waals surface area (Å²) in [6.07, 6.45) is 1.79. The topological polar surface area (TPSA) is 53.5 Å². The van der Waals surface area contributed by atoms with Gasteiger partial charge in [0.2, 0.25) is 12.7 Å². The molecule has 1 aliphatic heterocycles. The third kappa shape index (κ3) is 2.26. The van der Waals surface area contributed by atoms with Gasteiger partial charge in [0, 0.05) is 17.7 Å². The van der Waals surface area contributed by atoms with Crippen LogP contribution in [-0.4, -0.2) is 23.9 Å². The van der Waals surface area contributed by atoms with Crippen LogP contribution in [0.3, 0.4) is 0 Å². The summed E-state index contributed by atoms with van der Waals surface area (Å²) in [5, 5.41) is 0. The van der Waals surface area contributed by atoms with Crippen LogP contribution in [0.5, 0.6) is 17.4 Å². The first-order chi connectivity index (χ1) is 11.3. The smallest absolute Gasteiger partial charge is 0.240 e. The number of ether oxygens (including phenoxy) is 3. The first-order valence-electron chi connectivity index (χ1n) is 7.17. The SMILES string of the molecule is C=Cc1cccc(-c2nc3cc4c(cc3nc2OC)OCO4)c1. The van der Waals surface area contributed by atoms with Gasteiger partial charge < -0.3 is 14.2 Å². The van der Waals surface area contributed by atoms with Crippen molar-refractivity contribution < 1.29 is 14.2 Å². The van der Waals surface area contributed by atoms with Crippen LogP contribution < -0.4 is 14.2 Å². The van der Waals surface area contributed by atoms with E-state index in [0.29, 0.717) is 28.6 Å². The van der Waals surface area contributed by atoms with Crippen molar-refractivity contribution in [2.45, 2.75) is 0 Å². The zero-order valence-electron chi connectivity index (χ0n) is 12.6. The second-order valence-electron chi connectivity index (χ2n) is 5.11. The van der Waals surface area contributed by atoms with Gasteiger partial charge in [-0.3, -0.25) is 0 Å². The highest BCUT2D eigenvalue weighted by Crippen LogP contribution is 2.37. The predicted octanol–water partition coefficient (Wildman–Crippen LogP) is 3.68. The maximum atomic E-state index is 5.43. The van der Waals surface area contributed by atoms with Crippen LogP contribution in [0.1, 0.15) is 5.56 Å². The van der Waals surface area contributed by atoms with Crippen molar-refractivity contribution in [3.05, 3.63) is 48.5 Å². The Morgan fingerprint density at radius 1 is 1.09 bits per heavy atom. The van der Waals surface area contributed by atoms with Crippen molar-refractivity contribution in [1.82, 2.24) is 9.97 Å². The fraction of sp³-hybridized carbons (Fsp3) is 0.111. The van der Waals surface area contributed by atoms with Gasteiger partial charge in [-0.15, -0.1) is 0 Å². The summed E-state index contributed by atoms with van der Waals surface area (Å²) in [6, 6.07) is 11.6. The van der Waals surface area contributed by atoms with E-state index in [9.17, 15) is 0 Å². The minimum Gasteiger partial charge on any atom is -0.479 e. The van der Waals surface area contributed by atoms with Crippen molar-refractivity contribution >= 4 is 17.1 Å². The molecule has 5 heteroatoms. The molecule has 2 aromatic carbocycles. The first-order valence-corrected chi connectivity index (χ1v) is 7.17. The molecule has 0 saturated carbocycles. The summed E-state index contributed by atoms with van der Waals surface area (Å²) >= 11 is 0. The highest BCUT2D eigenvalue weighted by atomic mass is 16.7. The summed E-state index contributed by atoms with van der Waals surface area (Å²) in [5.74, 6) is 1.83. The molecule has 0 unspecified atom stereocenters. The van der Waals surface area contributed by atoms with Crippen molar-refractivity contribution in [2.75, 3.05) is 13.9 Å². The van der Waals surface area contributed by atoms with E-state index in [0.717, 1.165) is 16.6 Å². The molecule has 114 valence electrons. The van der Waals surface area contributed by atoms with Gasteiger partial charge in [0.05, 0.1) is 18.1 Å². The molecule has 0 aliphatic carbocycles. The molecule has 1 aliphatic rings. The molecule has 2 heterocycles. The Hall–Kier alpha value is -3.08. The summed E-state index contributed by atoms with van der Waals surface area (Å²) in [6.45, 7) is 4.02. The Bertz CT molecular complexity index is 922. The molecule has 23 heavy (non-hydrogen) atoms. The standard InChI is InChI=1S/C18H14N2O3/c1-3-11-5-4-6-12(7-11)17-18(21-2)20-14-9-16-15(22-10-23-16)8-13(14)19-17/h3-9H,1,10H2,2H3. The Morgan fingerprint density at radius 3 is 2.52 bits per heavy atom. The number of fused-ring (bicyclic) bond motifs is 2. The van der Waals surface area contributed by atoms with E-state index in [1.54, 1.807) is 13.2 Å². The molecule has 0 amide bonds. The molecule has 0 atom stereocenters. The van der Waals surface area contributed by atoms with Crippen LogP contribution in [0.4, 0.5) is 0 Å². The maximum Gasteiger partial charge on any atom is 0.240 e. The second kappa shape index (κ2) is 5.28. The van der Waals surface area contributed by atoms with E-state index in [2.05, 4.69) is 11.6 Å². The van der Waals surface area contributed by atoms with Crippen LogP contribution in [0.15, 0.2) is 43.0 Å². The fourth-order valence-corrected chi connectivity index (χ4v) is 2.57. The van der Waals surface area contributed by atoms with E-state index >= 15 is 0 Å². The molecule has 0 spiro atoms. The number of nitrogens with zero attached hydrogens (tertiary/aromatic N) is 2. The maximum absolute atomic E-state index is 5.43. The van der Waals surface area contributed by atoms with E-state index in [-0.39, 0.29) is 6.79 Å². The Kier molecular flexibility index (Phi) is 3.12. The van der Waals surface area contributed by atoms with Crippen molar-refractivity contribution in [1.29, 1.82) is 0 Å². The number of aromatic nitrogens is 2. The third-order valence-corrected chi connectivity index (χ3v) is 3.72. The minimum absolute atomic E-state index is 0.219. The molecular formula is C18H14N2O3. The summed E-state index contributed by atoms with van der Waals surface area (Å²) in [5.41, 5.74) is 4.05. The molecule has 0 saturated heterocycles. The lowest BCUT2D eigenvalue weighted by Crippen LogP contribution is -1.96. The van der Waals surface area contributed by atoms with Crippen LogP contribution in [0.2, 0.25) is 0 Å². The zero-order chi connectivity index (χ0) is 15.8. The van der Waals surface area contributed by atoms with E-state index in [4.69, 9.17) is 19.2 Å². The molecule has 0 N–H and O–H groups in total. The monoisotopic (exact) mass is 306 g/mol. The number of rotatable bonds is 3. The van der Waals surface area contributed by atoms with E-state index in [1.165, 1.54) is 0 Å². The van der Waals surface area contributed by atoms with Gasteiger partial charge >= 0.3 is 0 Å². The first kappa shape index (κ1) is 13.6.